The standard InChI is InChI=1S/C18H12N4O2/c1-20-14-7-3-5-9-16(14)24-18-10-17(21-12-22-18)23-15-8-4-2-6-13(15)11-19/h2-10,12H,1H2. The zero-order valence-electron chi connectivity index (χ0n) is 12.6. The molecule has 0 unspecified atom stereocenters. The van der Waals surface area contributed by atoms with Crippen LogP contribution in [0.4, 0.5) is 5.69 Å². The molecule has 0 aliphatic rings. The van der Waals surface area contributed by atoms with Crippen molar-refractivity contribution in [3.8, 4) is 29.3 Å². The van der Waals surface area contributed by atoms with Gasteiger partial charge >= 0.3 is 0 Å². The fourth-order valence-corrected chi connectivity index (χ4v) is 1.98. The van der Waals surface area contributed by atoms with Gasteiger partial charge in [-0.25, -0.2) is 9.97 Å². The lowest BCUT2D eigenvalue weighted by molar-refractivity contribution is 0.433. The van der Waals surface area contributed by atoms with Gasteiger partial charge in [0.1, 0.15) is 23.8 Å². The predicted molar refractivity (Wildman–Crippen MR) is 89.0 cm³/mol. The van der Waals surface area contributed by atoms with Crippen molar-refractivity contribution < 1.29 is 9.47 Å². The Hall–Kier alpha value is -3.72. The van der Waals surface area contributed by atoms with E-state index in [0.29, 0.717) is 28.6 Å². The number of aliphatic imine (C=N–C) groups is 1. The molecule has 0 amide bonds. The number of nitriles is 1. The molecule has 6 nitrogen and oxygen atoms in total. The van der Waals surface area contributed by atoms with Crippen molar-refractivity contribution in [2.45, 2.75) is 0 Å². The Kier molecular flexibility index (Phi) is 4.45. The Morgan fingerprint density at radius 3 is 2.25 bits per heavy atom. The van der Waals surface area contributed by atoms with Crippen molar-refractivity contribution in [1.82, 2.24) is 9.97 Å². The van der Waals surface area contributed by atoms with Gasteiger partial charge in [-0.3, -0.25) is 4.99 Å². The highest BCUT2D eigenvalue weighted by Crippen LogP contribution is 2.31. The number of hydrogen-bond donors (Lipinski definition) is 0. The number of nitrogens with zero attached hydrogens (tertiary/aromatic N) is 4. The molecule has 0 spiro atoms. The summed E-state index contributed by atoms with van der Waals surface area (Å²) < 4.78 is 11.4. The average Bonchev–Trinajstić information content (AvgIpc) is 2.63. The largest absolute Gasteiger partial charge is 0.437 e. The van der Waals surface area contributed by atoms with Crippen LogP contribution in [0.2, 0.25) is 0 Å². The van der Waals surface area contributed by atoms with Gasteiger partial charge < -0.3 is 9.47 Å². The van der Waals surface area contributed by atoms with Crippen LogP contribution in [0.3, 0.4) is 0 Å². The Labute approximate surface area is 138 Å². The fourth-order valence-electron chi connectivity index (χ4n) is 1.98. The summed E-state index contributed by atoms with van der Waals surface area (Å²) in [6.07, 6.45) is 1.32. The Bertz CT molecular complexity index is 919. The van der Waals surface area contributed by atoms with E-state index in [1.165, 1.54) is 12.4 Å². The first-order valence-electron chi connectivity index (χ1n) is 7.03. The summed E-state index contributed by atoms with van der Waals surface area (Å²) in [5.74, 6) is 1.50. The molecule has 3 aromatic rings. The van der Waals surface area contributed by atoms with E-state index >= 15 is 0 Å². The highest BCUT2D eigenvalue weighted by Gasteiger charge is 2.08. The number of benzene rings is 2. The second kappa shape index (κ2) is 7.03. The van der Waals surface area contributed by atoms with Crippen LogP contribution in [-0.4, -0.2) is 16.7 Å². The molecule has 116 valence electrons. The van der Waals surface area contributed by atoms with E-state index in [9.17, 15) is 0 Å². The second-order valence-electron chi connectivity index (χ2n) is 4.63. The molecule has 0 saturated heterocycles. The first-order valence-corrected chi connectivity index (χ1v) is 7.03. The third-order valence-corrected chi connectivity index (χ3v) is 3.09. The summed E-state index contributed by atoms with van der Waals surface area (Å²) in [4.78, 5) is 12.0. The monoisotopic (exact) mass is 316 g/mol. The molecule has 0 N–H and O–H groups in total. The van der Waals surface area contributed by atoms with Gasteiger partial charge in [0.15, 0.2) is 5.75 Å². The molecule has 24 heavy (non-hydrogen) atoms. The molecule has 1 aromatic heterocycles. The maximum absolute atomic E-state index is 9.10. The van der Waals surface area contributed by atoms with Crippen molar-refractivity contribution in [3.05, 3.63) is 66.5 Å². The van der Waals surface area contributed by atoms with E-state index in [-0.39, 0.29) is 5.88 Å². The summed E-state index contributed by atoms with van der Waals surface area (Å²) in [5.41, 5.74) is 1.02. The van der Waals surface area contributed by atoms with Crippen LogP contribution in [0, 0.1) is 11.3 Å². The normalized spacial score (nSPS) is 9.79. The van der Waals surface area contributed by atoms with Gasteiger partial charge in [-0.2, -0.15) is 5.26 Å². The zero-order chi connectivity index (χ0) is 16.8. The number of para-hydroxylation sites is 3. The van der Waals surface area contributed by atoms with Crippen molar-refractivity contribution >= 4 is 12.4 Å². The highest BCUT2D eigenvalue weighted by atomic mass is 16.5. The Morgan fingerprint density at radius 1 is 0.917 bits per heavy atom. The number of ether oxygens (including phenoxy) is 2. The lowest BCUT2D eigenvalue weighted by atomic mass is 10.2. The van der Waals surface area contributed by atoms with Gasteiger partial charge in [0, 0.05) is 0 Å². The minimum atomic E-state index is 0.270. The van der Waals surface area contributed by atoms with Crippen LogP contribution in [0.1, 0.15) is 5.56 Å². The third kappa shape index (κ3) is 3.36. The molecule has 3 rings (SSSR count). The highest BCUT2D eigenvalue weighted by molar-refractivity contribution is 5.56. The Balaban J connectivity index is 1.84. The first kappa shape index (κ1) is 15.2. The summed E-state index contributed by atoms with van der Waals surface area (Å²) in [7, 11) is 0. The van der Waals surface area contributed by atoms with Crippen molar-refractivity contribution in [2.75, 3.05) is 0 Å². The second-order valence-corrected chi connectivity index (χ2v) is 4.63. The van der Waals surface area contributed by atoms with Crippen LogP contribution in [0.25, 0.3) is 0 Å². The maximum atomic E-state index is 9.10. The Morgan fingerprint density at radius 2 is 1.54 bits per heavy atom. The summed E-state index contributed by atoms with van der Waals surface area (Å²) in [5, 5.41) is 9.10. The van der Waals surface area contributed by atoms with Gasteiger partial charge in [0.2, 0.25) is 11.8 Å². The number of rotatable bonds is 5. The lowest BCUT2D eigenvalue weighted by Gasteiger charge is -2.09. The molecular weight excluding hydrogens is 304 g/mol. The smallest absolute Gasteiger partial charge is 0.226 e. The van der Waals surface area contributed by atoms with E-state index in [1.54, 1.807) is 36.4 Å². The van der Waals surface area contributed by atoms with E-state index in [0.717, 1.165) is 0 Å². The number of aromatic nitrogens is 2. The summed E-state index contributed by atoms with van der Waals surface area (Å²) in [6, 6.07) is 17.7. The quantitative estimate of drug-likeness (QED) is 0.657. The van der Waals surface area contributed by atoms with Gasteiger partial charge in [0.05, 0.1) is 11.6 Å². The zero-order valence-corrected chi connectivity index (χ0v) is 12.6. The number of hydrogen-bond acceptors (Lipinski definition) is 6. The van der Waals surface area contributed by atoms with Gasteiger partial charge in [-0.1, -0.05) is 24.3 Å². The molecule has 6 heteroatoms. The van der Waals surface area contributed by atoms with Crippen LogP contribution in [-0.2, 0) is 0 Å². The SMILES string of the molecule is C=Nc1ccccc1Oc1cc(Oc2ccccc2C#N)ncn1. The topological polar surface area (TPSA) is 80.4 Å². The minimum Gasteiger partial charge on any atom is -0.437 e. The van der Waals surface area contributed by atoms with Crippen LogP contribution in [0.5, 0.6) is 23.3 Å². The van der Waals surface area contributed by atoms with E-state index < -0.39 is 0 Å². The molecule has 0 fully saturated rings. The van der Waals surface area contributed by atoms with Gasteiger partial charge in [0.25, 0.3) is 0 Å². The van der Waals surface area contributed by atoms with Crippen LogP contribution in [0.15, 0.2) is 65.9 Å². The van der Waals surface area contributed by atoms with Crippen molar-refractivity contribution in [2.24, 2.45) is 4.99 Å². The molecule has 0 bridgehead atoms. The summed E-state index contributed by atoms with van der Waals surface area (Å²) in [6.45, 7) is 3.51. The van der Waals surface area contributed by atoms with Gasteiger partial charge in [-0.15, -0.1) is 0 Å². The average molecular weight is 316 g/mol. The maximum Gasteiger partial charge on any atom is 0.226 e. The molecule has 0 saturated carbocycles. The molecular formula is C18H12N4O2. The van der Waals surface area contributed by atoms with Crippen molar-refractivity contribution in [1.29, 1.82) is 5.26 Å². The molecule has 0 aliphatic carbocycles. The molecule has 0 atom stereocenters. The van der Waals surface area contributed by atoms with Crippen molar-refractivity contribution in [3.63, 3.8) is 0 Å². The lowest BCUT2D eigenvalue weighted by Crippen LogP contribution is -1.94. The molecule has 1 heterocycles. The fraction of sp³-hybridized carbons (Fsp3) is 0. The van der Waals surface area contributed by atoms with Crippen LogP contribution < -0.4 is 9.47 Å². The molecule has 2 aromatic carbocycles. The van der Waals surface area contributed by atoms with E-state index in [4.69, 9.17) is 14.7 Å². The van der Waals surface area contributed by atoms with E-state index in [2.05, 4.69) is 27.7 Å². The third-order valence-electron chi connectivity index (χ3n) is 3.09. The molecule has 0 aliphatic heterocycles. The predicted octanol–water partition coefficient (Wildman–Crippen LogP) is 4.26. The first-order chi connectivity index (χ1) is 11.8. The van der Waals surface area contributed by atoms with Gasteiger partial charge in [-0.05, 0) is 31.0 Å². The molecule has 0 radical (unpaired) electrons. The minimum absolute atomic E-state index is 0.270. The van der Waals surface area contributed by atoms with Crippen LogP contribution >= 0.6 is 0 Å². The summed E-state index contributed by atoms with van der Waals surface area (Å²) >= 11 is 0. The van der Waals surface area contributed by atoms with E-state index in [1.807, 2.05) is 12.1 Å².